The highest BCUT2D eigenvalue weighted by molar-refractivity contribution is 9.10. The van der Waals surface area contributed by atoms with Gasteiger partial charge >= 0.3 is 0 Å². The van der Waals surface area contributed by atoms with E-state index in [1.165, 1.54) is 11.0 Å². The average Bonchev–Trinajstić information content (AvgIpc) is 2.31. The first-order valence-corrected chi connectivity index (χ1v) is 6.23. The van der Waals surface area contributed by atoms with Gasteiger partial charge in [-0.3, -0.25) is 4.79 Å². The van der Waals surface area contributed by atoms with E-state index in [9.17, 15) is 9.18 Å². The third-order valence-corrected chi connectivity index (χ3v) is 3.39. The molecule has 0 aliphatic heterocycles. The Kier molecular flexibility index (Phi) is 4.93. The largest absolute Gasteiger partial charge is 0.309 e. The summed E-state index contributed by atoms with van der Waals surface area (Å²) in [4.78, 5) is 13.2. The van der Waals surface area contributed by atoms with E-state index < -0.39 is 0 Å². The highest BCUT2D eigenvalue weighted by atomic mass is 79.9. The monoisotopic (exact) mass is 287 g/mol. The molecule has 0 fully saturated rings. The molecule has 1 aromatic rings. The van der Waals surface area contributed by atoms with Gasteiger partial charge in [0.15, 0.2) is 0 Å². The summed E-state index contributed by atoms with van der Waals surface area (Å²) in [7, 11) is 0. The van der Waals surface area contributed by atoms with Crippen molar-refractivity contribution in [2.45, 2.75) is 25.1 Å². The molecule has 88 valence electrons. The lowest BCUT2D eigenvalue weighted by atomic mass is 10.2. The predicted molar refractivity (Wildman–Crippen MR) is 67.4 cm³/mol. The van der Waals surface area contributed by atoms with Gasteiger partial charge in [-0.1, -0.05) is 35.0 Å². The lowest BCUT2D eigenvalue weighted by molar-refractivity contribution is -0.118. The summed E-state index contributed by atoms with van der Waals surface area (Å²) in [6, 6.07) is 6.32. The Hall–Kier alpha value is -0.900. The zero-order chi connectivity index (χ0) is 12.1. The van der Waals surface area contributed by atoms with Crippen LogP contribution in [0.3, 0.4) is 0 Å². The molecule has 0 spiro atoms. The minimum Gasteiger partial charge on any atom is -0.309 e. The van der Waals surface area contributed by atoms with Gasteiger partial charge in [-0.05, 0) is 25.5 Å². The number of rotatable bonds is 4. The lowest BCUT2D eigenvalue weighted by Gasteiger charge is -2.23. The molecule has 1 amide bonds. The van der Waals surface area contributed by atoms with Crippen LogP contribution in [0, 0.1) is 5.82 Å². The van der Waals surface area contributed by atoms with Gasteiger partial charge in [0, 0.05) is 6.54 Å². The van der Waals surface area contributed by atoms with Crippen LogP contribution in [0.25, 0.3) is 0 Å². The van der Waals surface area contributed by atoms with E-state index >= 15 is 0 Å². The van der Waals surface area contributed by atoms with Crippen molar-refractivity contribution in [2.24, 2.45) is 0 Å². The highest BCUT2D eigenvalue weighted by Gasteiger charge is 2.22. The molecule has 1 unspecified atom stereocenters. The van der Waals surface area contributed by atoms with Crippen molar-refractivity contribution in [3.63, 3.8) is 0 Å². The second-order valence-corrected chi connectivity index (χ2v) is 4.52. The molecule has 1 rings (SSSR count). The van der Waals surface area contributed by atoms with E-state index in [0.717, 1.165) is 0 Å². The highest BCUT2D eigenvalue weighted by Crippen LogP contribution is 2.21. The molecule has 0 aliphatic carbocycles. The van der Waals surface area contributed by atoms with Crippen LogP contribution in [0.15, 0.2) is 24.3 Å². The van der Waals surface area contributed by atoms with Crippen molar-refractivity contribution in [3.8, 4) is 0 Å². The Labute approximate surface area is 104 Å². The molecule has 0 N–H and O–H groups in total. The van der Waals surface area contributed by atoms with Gasteiger partial charge in [-0.2, -0.15) is 0 Å². The van der Waals surface area contributed by atoms with Gasteiger partial charge in [0.2, 0.25) is 5.91 Å². The van der Waals surface area contributed by atoms with Crippen molar-refractivity contribution in [3.05, 3.63) is 30.1 Å². The fourth-order valence-corrected chi connectivity index (χ4v) is 1.71. The summed E-state index contributed by atoms with van der Waals surface area (Å²) in [5.74, 6) is -0.469. The molecule has 0 saturated carbocycles. The zero-order valence-electron chi connectivity index (χ0n) is 9.41. The van der Waals surface area contributed by atoms with Crippen LogP contribution in [0.4, 0.5) is 10.1 Å². The first kappa shape index (κ1) is 13.2. The first-order valence-electron chi connectivity index (χ1n) is 5.31. The quantitative estimate of drug-likeness (QED) is 0.778. The number of hydrogen-bond donors (Lipinski definition) is 0. The van der Waals surface area contributed by atoms with Crippen LogP contribution in [0.5, 0.6) is 0 Å². The summed E-state index contributed by atoms with van der Waals surface area (Å²) in [6.45, 7) is 4.20. The minimum absolute atomic E-state index is 0.102. The molecule has 4 heteroatoms. The van der Waals surface area contributed by atoms with Crippen LogP contribution in [-0.2, 0) is 4.79 Å². The fourth-order valence-electron chi connectivity index (χ4n) is 1.46. The molecule has 0 heterocycles. The van der Waals surface area contributed by atoms with E-state index in [1.54, 1.807) is 18.2 Å². The van der Waals surface area contributed by atoms with E-state index in [2.05, 4.69) is 15.9 Å². The average molecular weight is 288 g/mol. The van der Waals surface area contributed by atoms with Crippen LogP contribution in [0.2, 0.25) is 0 Å². The maximum atomic E-state index is 13.5. The van der Waals surface area contributed by atoms with Crippen LogP contribution in [-0.4, -0.2) is 17.3 Å². The molecule has 2 nitrogen and oxygen atoms in total. The van der Waals surface area contributed by atoms with Gasteiger partial charge in [0.1, 0.15) is 5.82 Å². The number of nitrogens with zero attached hydrogens (tertiary/aromatic N) is 1. The number of carbonyl (C=O) groups excluding carboxylic acids is 1. The van der Waals surface area contributed by atoms with Gasteiger partial charge in [-0.15, -0.1) is 0 Å². The topological polar surface area (TPSA) is 20.3 Å². The summed E-state index contributed by atoms with van der Waals surface area (Å²) >= 11 is 3.29. The molecule has 0 radical (unpaired) electrons. The molecule has 16 heavy (non-hydrogen) atoms. The van der Waals surface area contributed by atoms with E-state index in [0.29, 0.717) is 18.7 Å². The van der Waals surface area contributed by atoms with E-state index in [4.69, 9.17) is 0 Å². The summed E-state index contributed by atoms with van der Waals surface area (Å²) < 4.78 is 13.5. The molecular weight excluding hydrogens is 273 g/mol. The molecule has 0 saturated heterocycles. The molecule has 0 aliphatic rings. The normalized spacial score (nSPS) is 12.2. The van der Waals surface area contributed by atoms with Gasteiger partial charge in [0.05, 0.1) is 10.5 Å². The van der Waals surface area contributed by atoms with E-state index in [-0.39, 0.29) is 16.6 Å². The first-order chi connectivity index (χ1) is 7.61. The molecule has 1 aromatic carbocycles. The van der Waals surface area contributed by atoms with Crippen molar-refractivity contribution < 1.29 is 9.18 Å². The second-order valence-electron chi connectivity index (χ2n) is 3.41. The van der Waals surface area contributed by atoms with Gasteiger partial charge in [-0.25, -0.2) is 4.39 Å². The Morgan fingerprint density at radius 1 is 1.44 bits per heavy atom. The number of para-hydroxylation sites is 1. The Morgan fingerprint density at radius 3 is 2.56 bits per heavy atom. The van der Waals surface area contributed by atoms with Crippen LogP contribution in [0.1, 0.15) is 20.3 Å². The van der Waals surface area contributed by atoms with E-state index in [1.807, 2.05) is 13.8 Å². The van der Waals surface area contributed by atoms with Gasteiger partial charge in [0.25, 0.3) is 0 Å². The zero-order valence-corrected chi connectivity index (χ0v) is 11.0. The third-order valence-electron chi connectivity index (χ3n) is 2.35. The Morgan fingerprint density at radius 2 is 2.06 bits per heavy atom. The molecule has 0 bridgehead atoms. The van der Waals surface area contributed by atoms with Crippen LogP contribution >= 0.6 is 15.9 Å². The second kappa shape index (κ2) is 5.99. The summed E-state index contributed by atoms with van der Waals surface area (Å²) in [5.41, 5.74) is 0.341. The Balaban J connectivity index is 2.99. The molecule has 0 aromatic heterocycles. The minimum atomic E-state index is -0.367. The maximum absolute atomic E-state index is 13.5. The van der Waals surface area contributed by atoms with Crippen molar-refractivity contribution in [1.82, 2.24) is 0 Å². The molecular formula is C12H15BrFNO. The number of hydrogen-bond acceptors (Lipinski definition) is 1. The number of carbonyl (C=O) groups is 1. The summed E-state index contributed by atoms with van der Waals surface area (Å²) in [6.07, 6.45) is 0.684. The molecule has 1 atom stereocenters. The smallest absolute Gasteiger partial charge is 0.240 e. The standard InChI is InChI=1S/C12H15BrFNO/c1-3-9(13)12(16)15(4-2)11-8-6-5-7-10(11)14/h5-9H,3-4H2,1-2H3. The van der Waals surface area contributed by atoms with Crippen molar-refractivity contribution in [2.75, 3.05) is 11.4 Å². The number of amides is 1. The Bertz CT molecular complexity index is 370. The number of benzene rings is 1. The number of halogens is 2. The fraction of sp³-hybridized carbons (Fsp3) is 0.417. The van der Waals surface area contributed by atoms with Crippen LogP contribution < -0.4 is 4.90 Å². The third kappa shape index (κ3) is 2.82. The maximum Gasteiger partial charge on any atom is 0.240 e. The number of anilines is 1. The number of alkyl halides is 1. The summed E-state index contributed by atoms with van der Waals surface area (Å²) in [5, 5.41) is 0. The predicted octanol–water partition coefficient (Wildman–Crippen LogP) is 3.35. The SMILES string of the molecule is CCC(Br)C(=O)N(CC)c1ccccc1F. The van der Waals surface area contributed by atoms with Gasteiger partial charge < -0.3 is 4.90 Å². The van der Waals surface area contributed by atoms with Crippen molar-refractivity contribution in [1.29, 1.82) is 0 Å². The van der Waals surface area contributed by atoms with Crippen molar-refractivity contribution >= 4 is 27.5 Å². The lowest BCUT2D eigenvalue weighted by Crippen LogP contribution is -2.36.